The van der Waals surface area contributed by atoms with Crippen molar-refractivity contribution >= 4 is 5.91 Å². The average molecular weight is 628 g/mol. The predicted molar refractivity (Wildman–Crippen MR) is 175 cm³/mol. The largest absolute Gasteiger partial charge is 0.394 e. The molecule has 0 aromatic rings. The number of aliphatic hydroxyl groups excluding tert-OH is 5. The molecule has 7 unspecified atom stereocenters. The Hall–Kier alpha value is -1.33. The third-order valence-electron chi connectivity index (χ3n) is 8.31. The lowest BCUT2D eigenvalue weighted by Crippen LogP contribution is -2.60. The Bertz CT molecular complexity index is 746. The fourth-order valence-electron chi connectivity index (χ4n) is 5.35. The van der Waals surface area contributed by atoms with Crippen molar-refractivity contribution in [3.8, 4) is 0 Å². The monoisotopic (exact) mass is 627 g/mol. The van der Waals surface area contributed by atoms with Crippen molar-refractivity contribution in [2.24, 2.45) is 0 Å². The minimum absolute atomic E-state index is 0.145. The van der Waals surface area contributed by atoms with E-state index in [1.54, 1.807) is 0 Å². The standard InChI is InChI=1S/C35H65NO8/c1-3-5-7-9-11-12-13-14-15-16-17-19-21-23-25-31(39)36-28(29(38)24-22-20-18-10-8-6-4-2)27-43-35-34(42)33(41)32(40)30(26-37)44-35/h9,11,13-14,28-30,32-35,37-38,40-42H,3-8,10,12,15-27H2,1-2H3,(H,36,39)/b11-9-,14-13-. The number of ether oxygens (including phenoxy) is 2. The highest BCUT2D eigenvalue weighted by molar-refractivity contribution is 5.76. The molecule has 0 aliphatic carbocycles. The van der Waals surface area contributed by atoms with Gasteiger partial charge in [0.15, 0.2) is 6.29 Å². The lowest BCUT2D eigenvalue weighted by atomic mass is 9.99. The Kier molecular flexibility index (Phi) is 24.8. The van der Waals surface area contributed by atoms with Crippen molar-refractivity contribution in [2.75, 3.05) is 13.2 Å². The third-order valence-corrected chi connectivity index (χ3v) is 8.31. The van der Waals surface area contributed by atoms with E-state index < -0.39 is 49.5 Å². The summed E-state index contributed by atoms with van der Waals surface area (Å²) in [6.45, 7) is 3.69. The molecule has 1 saturated heterocycles. The summed E-state index contributed by atoms with van der Waals surface area (Å²) in [5.41, 5.74) is 0. The fourth-order valence-corrected chi connectivity index (χ4v) is 5.35. The van der Waals surface area contributed by atoms with E-state index in [1.165, 1.54) is 44.9 Å². The van der Waals surface area contributed by atoms with E-state index in [9.17, 15) is 30.3 Å². The van der Waals surface area contributed by atoms with Gasteiger partial charge in [0.05, 0.1) is 25.4 Å². The molecule has 0 bridgehead atoms. The molecule has 7 atom stereocenters. The molecule has 6 N–H and O–H groups in total. The Labute approximate surface area is 267 Å². The molecule has 1 aliphatic rings. The van der Waals surface area contributed by atoms with Gasteiger partial charge in [0.2, 0.25) is 5.91 Å². The van der Waals surface area contributed by atoms with Gasteiger partial charge >= 0.3 is 0 Å². The number of carbonyl (C=O) groups is 1. The molecule has 1 heterocycles. The maximum atomic E-state index is 12.8. The van der Waals surface area contributed by atoms with Crippen molar-refractivity contribution in [3.63, 3.8) is 0 Å². The number of carbonyl (C=O) groups excluding carboxylic acids is 1. The molecular formula is C35H65NO8. The number of allylic oxidation sites excluding steroid dienone is 4. The normalized spacial score (nSPS) is 23.8. The van der Waals surface area contributed by atoms with Gasteiger partial charge in [0.25, 0.3) is 0 Å². The van der Waals surface area contributed by atoms with Crippen molar-refractivity contribution in [1.82, 2.24) is 5.32 Å². The number of amides is 1. The zero-order valence-electron chi connectivity index (χ0n) is 27.7. The SMILES string of the molecule is CCCC/C=C\C/C=C\CCCCCCCC(=O)NC(COC1OC(CO)C(O)C(O)C1O)C(O)CCCCCCCCC. The van der Waals surface area contributed by atoms with Crippen LogP contribution in [-0.4, -0.2) is 87.5 Å². The molecule has 44 heavy (non-hydrogen) atoms. The van der Waals surface area contributed by atoms with Gasteiger partial charge in [-0.05, 0) is 38.5 Å². The molecule has 0 radical (unpaired) electrons. The van der Waals surface area contributed by atoms with Gasteiger partial charge in [0.1, 0.15) is 24.4 Å². The fraction of sp³-hybridized carbons (Fsp3) is 0.857. The van der Waals surface area contributed by atoms with Crippen LogP contribution in [0.25, 0.3) is 0 Å². The minimum atomic E-state index is -1.55. The summed E-state index contributed by atoms with van der Waals surface area (Å²) < 4.78 is 11.1. The molecular weight excluding hydrogens is 562 g/mol. The molecule has 9 heteroatoms. The van der Waals surface area contributed by atoms with E-state index in [0.29, 0.717) is 12.8 Å². The molecule has 258 valence electrons. The molecule has 1 amide bonds. The van der Waals surface area contributed by atoms with Crippen LogP contribution in [0.5, 0.6) is 0 Å². The molecule has 1 rings (SSSR count). The van der Waals surface area contributed by atoms with Crippen molar-refractivity contribution in [1.29, 1.82) is 0 Å². The van der Waals surface area contributed by atoms with E-state index >= 15 is 0 Å². The Morgan fingerprint density at radius 1 is 0.773 bits per heavy atom. The number of aliphatic hydroxyl groups is 5. The molecule has 0 aromatic carbocycles. The maximum absolute atomic E-state index is 12.8. The first-order chi connectivity index (χ1) is 21.3. The van der Waals surface area contributed by atoms with Crippen LogP contribution in [0.4, 0.5) is 0 Å². The summed E-state index contributed by atoms with van der Waals surface area (Å²) in [6.07, 6.45) is 20.6. The van der Waals surface area contributed by atoms with E-state index in [-0.39, 0.29) is 12.5 Å². The lowest BCUT2D eigenvalue weighted by molar-refractivity contribution is -0.302. The first kappa shape index (κ1) is 40.7. The number of unbranched alkanes of at least 4 members (excludes halogenated alkanes) is 13. The van der Waals surface area contributed by atoms with E-state index in [1.807, 2.05) is 0 Å². The van der Waals surface area contributed by atoms with Crippen LogP contribution in [0.1, 0.15) is 136 Å². The van der Waals surface area contributed by atoms with Crippen LogP contribution in [0.2, 0.25) is 0 Å². The van der Waals surface area contributed by atoms with Crippen LogP contribution in [0.15, 0.2) is 24.3 Å². The van der Waals surface area contributed by atoms with Gasteiger partial charge in [-0.2, -0.15) is 0 Å². The topological polar surface area (TPSA) is 149 Å². The highest BCUT2D eigenvalue weighted by atomic mass is 16.7. The van der Waals surface area contributed by atoms with E-state index in [0.717, 1.165) is 64.2 Å². The number of rotatable bonds is 27. The van der Waals surface area contributed by atoms with Gasteiger partial charge in [-0.3, -0.25) is 4.79 Å². The Morgan fingerprint density at radius 3 is 2.02 bits per heavy atom. The van der Waals surface area contributed by atoms with Crippen molar-refractivity contribution in [3.05, 3.63) is 24.3 Å². The predicted octanol–water partition coefficient (Wildman–Crippen LogP) is 5.21. The van der Waals surface area contributed by atoms with Gasteiger partial charge in [-0.25, -0.2) is 0 Å². The van der Waals surface area contributed by atoms with Crippen LogP contribution < -0.4 is 5.32 Å². The number of hydrogen-bond acceptors (Lipinski definition) is 8. The summed E-state index contributed by atoms with van der Waals surface area (Å²) in [6, 6.07) is -0.719. The van der Waals surface area contributed by atoms with E-state index in [4.69, 9.17) is 9.47 Å². The second-order valence-electron chi connectivity index (χ2n) is 12.3. The molecule has 1 aliphatic heterocycles. The quantitative estimate of drug-likeness (QED) is 0.0537. The molecule has 9 nitrogen and oxygen atoms in total. The van der Waals surface area contributed by atoms with Crippen LogP contribution in [0.3, 0.4) is 0 Å². The first-order valence-corrected chi connectivity index (χ1v) is 17.5. The third kappa shape index (κ3) is 18.6. The lowest BCUT2D eigenvalue weighted by Gasteiger charge is -2.40. The van der Waals surface area contributed by atoms with Gasteiger partial charge in [-0.15, -0.1) is 0 Å². The van der Waals surface area contributed by atoms with Gasteiger partial charge < -0.3 is 40.3 Å². The highest BCUT2D eigenvalue weighted by Gasteiger charge is 2.44. The summed E-state index contributed by atoms with van der Waals surface area (Å²) >= 11 is 0. The van der Waals surface area contributed by atoms with E-state index in [2.05, 4.69) is 43.5 Å². The molecule has 0 aromatic heterocycles. The summed E-state index contributed by atoms with van der Waals surface area (Å²) in [4.78, 5) is 12.8. The van der Waals surface area contributed by atoms with Crippen molar-refractivity contribution < 1.29 is 39.8 Å². The molecule has 0 saturated carbocycles. The smallest absolute Gasteiger partial charge is 0.220 e. The number of hydrogen-bond donors (Lipinski definition) is 6. The first-order valence-electron chi connectivity index (χ1n) is 17.5. The van der Waals surface area contributed by atoms with Crippen LogP contribution in [0, 0.1) is 0 Å². The summed E-state index contributed by atoms with van der Waals surface area (Å²) in [7, 11) is 0. The molecule has 0 spiro atoms. The molecule has 1 fully saturated rings. The van der Waals surface area contributed by atoms with Gasteiger partial charge in [0, 0.05) is 6.42 Å². The Morgan fingerprint density at radius 2 is 1.36 bits per heavy atom. The average Bonchev–Trinajstić information content (AvgIpc) is 3.02. The van der Waals surface area contributed by atoms with Crippen molar-refractivity contribution in [2.45, 2.75) is 179 Å². The van der Waals surface area contributed by atoms with Crippen LogP contribution >= 0.6 is 0 Å². The zero-order valence-corrected chi connectivity index (χ0v) is 27.7. The number of nitrogens with one attached hydrogen (secondary N) is 1. The second-order valence-corrected chi connectivity index (χ2v) is 12.3. The second kappa shape index (κ2) is 26.8. The zero-order chi connectivity index (χ0) is 32.4. The maximum Gasteiger partial charge on any atom is 0.220 e. The summed E-state index contributed by atoms with van der Waals surface area (Å²) in [5.74, 6) is -0.166. The summed E-state index contributed by atoms with van der Waals surface area (Å²) in [5, 5.41) is 53.7. The van der Waals surface area contributed by atoms with Crippen LogP contribution in [-0.2, 0) is 14.3 Å². The van der Waals surface area contributed by atoms with Gasteiger partial charge in [-0.1, -0.05) is 115 Å². The minimum Gasteiger partial charge on any atom is -0.394 e. The highest BCUT2D eigenvalue weighted by Crippen LogP contribution is 2.22. The Balaban J connectivity index is 2.44.